The van der Waals surface area contributed by atoms with Gasteiger partial charge >= 0.3 is 5.97 Å². The molecule has 0 saturated heterocycles. The first kappa shape index (κ1) is 17.2. The summed E-state index contributed by atoms with van der Waals surface area (Å²) >= 11 is 0. The first-order valence-corrected chi connectivity index (χ1v) is 8.09. The molecule has 0 aliphatic heterocycles. The molecule has 0 spiro atoms. The van der Waals surface area contributed by atoms with Crippen molar-refractivity contribution in [3.63, 3.8) is 0 Å². The third-order valence-corrected chi connectivity index (χ3v) is 3.72. The normalized spacial score (nSPS) is 12.1. The lowest BCUT2D eigenvalue weighted by molar-refractivity contribution is -0.151. The lowest BCUT2D eigenvalue weighted by Gasteiger charge is -2.25. The van der Waals surface area contributed by atoms with Crippen LogP contribution in [0.5, 0.6) is 0 Å². The summed E-state index contributed by atoms with van der Waals surface area (Å²) in [4.78, 5) is 11.7. The number of carbonyl (C=O) groups excluding carboxylic acids is 1. The topological polar surface area (TPSA) is 35.5 Å². The monoisotopic (exact) mass is 312 g/mol. The van der Waals surface area contributed by atoms with Crippen molar-refractivity contribution in [1.29, 1.82) is 0 Å². The van der Waals surface area contributed by atoms with Gasteiger partial charge in [-0.25, -0.2) is 4.79 Å². The number of benzene rings is 2. The van der Waals surface area contributed by atoms with E-state index in [9.17, 15) is 4.79 Å². The molecule has 0 fully saturated rings. The third kappa shape index (κ3) is 5.22. The Morgan fingerprint density at radius 2 is 1.48 bits per heavy atom. The quantitative estimate of drug-likeness (QED) is 0.686. The van der Waals surface area contributed by atoms with Crippen LogP contribution < -0.4 is 0 Å². The van der Waals surface area contributed by atoms with Gasteiger partial charge in [0.2, 0.25) is 0 Å². The highest BCUT2D eigenvalue weighted by Crippen LogP contribution is 2.29. The average molecular weight is 312 g/mol. The van der Waals surface area contributed by atoms with Crippen molar-refractivity contribution in [2.75, 3.05) is 13.2 Å². The first-order chi connectivity index (χ1) is 11.2. The largest absolute Gasteiger partial charge is 0.464 e. The van der Waals surface area contributed by atoms with Crippen LogP contribution in [0.4, 0.5) is 0 Å². The van der Waals surface area contributed by atoms with Gasteiger partial charge in [-0.1, -0.05) is 67.6 Å². The minimum atomic E-state index is -0.307. The summed E-state index contributed by atoms with van der Waals surface area (Å²) in [6, 6.07) is 20.4. The summed E-state index contributed by atoms with van der Waals surface area (Å²) in [6.07, 6.45) is 0.687. The van der Waals surface area contributed by atoms with Gasteiger partial charge in [-0.05, 0) is 24.5 Å². The summed E-state index contributed by atoms with van der Waals surface area (Å²) < 4.78 is 10.9. The van der Waals surface area contributed by atoms with E-state index in [1.807, 2.05) is 50.2 Å². The van der Waals surface area contributed by atoms with Gasteiger partial charge in [0.1, 0.15) is 6.61 Å². The molecule has 0 aromatic heterocycles. The van der Waals surface area contributed by atoms with Crippen molar-refractivity contribution in [3.05, 3.63) is 71.8 Å². The molecular formula is C20H24O3. The maximum Gasteiger partial charge on any atom is 0.332 e. The molecule has 2 rings (SSSR count). The zero-order chi connectivity index (χ0) is 16.5. The third-order valence-electron chi connectivity index (χ3n) is 3.72. The average Bonchev–Trinajstić information content (AvgIpc) is 2.60. The maximum atomic E-state index is 11.7. The van der Waals surface area contributed by atoms with Crippen molar-refractivity contribution < 1.29 is 14.3 Å². The van der Waals surface area contributed by atoms with Gasteiger partial charge in [-0.15, -0.1) is 0 Å². The SMILES string of the molecule is CCCOC(=O)COC(C)C(c1ccccc1)c1ccccc1. The summed E-state index contributed by atoms with van der Waals surface area (Å²) in [7, 11) is 0. The highest BCUT2D eigenvalue weighted by molar-refractivity contribution is 5.70. The molecule has 0 bridgehead atoms. The van der Waals surface area contributed by atoms with Crippen molar-refractivity contribution in [2.24, 2.45) is 0 Å². The molecule has 0 aliphatic rings. The van der Waals surface area contributed by atoms with E-state index in [0.717, 1.165) is 6.42 Å². The molecule has 23 heavy (non-hydrogen) atoms. The lowest BCUT2D eigenvalue weighted by Crippen LogP contribution is -2.24. The zero-order valence-corrected chi connectivity index (χ0v) is 13.8. The van der Waals surface area contributed by atoms with Gasteiger partial charge in [0.15, 0.2) is 0 Å². The number of ether oxygens (including phenoxy) is 2. The van der Waals surface area contributed by atoms with Gasteiger partial charge in [-0.3, -0.25) is 0 Å². The van der Waals surface area contributed by atoms with E-state index in [1.54, 1.807) is 0 Å². The number of rotatable bonds is 8. The fourth-order valence-corrected chi connectivity index (χ4v) is 2.61. The second-order valence-corrected chi connectivity index (χ2v) is 5.54. The fraction of sp³-hybridized carbons (Fsp3) is 0.350. The summed E-state index contributed by atoms with van der Waals surface area (Å²) in [5.41, 5.74) is 2.35. The van der Waals surface area contributed by atoms with Gasteiger partial charge in [0.25, 0.3) is 0 Å². The van der Waals surface area contributed by atoms with Crippen molar-refractivity contribution in [3.8, 4) is 0 Å². The molecule has 0 N–H and O–H groups in total. The molecule has 0 saturated carbocycles. The van der Waals surface area contributed by atoms with Crippen LogP contribution >= 0.6 is 0 Å². The summed E-state index contributed by atoms with van der Waals surface area (Å²) in [6.45, 7) is 4.39. The predicted molar refractivity (Wildman–Crippen MR) is 91.4 cm³/mol. The van der Waals surface area contributed by atoms with Crippen LogP contribution in [0, 0.1) is 0 Å². The molecule has 3 heteroatoms. The van der Waals surface area contributed by atoms with Crippen LogP contribution in [0.25, 0.3) is 0 Å². The molecule has 0 aliphatic carbocycles. The van der Waals surface area contributed by atoms with Crippen molar-refractivity contribution in [1.82, 2.24) is 0 Å². The molecule has 0 amide bonds. The van der Waals surface area contributed by atoms with Crippen LogP contribution in [-0.4, -0.2) is 25.3 Å². The molecule has 1 atom stereocenters. The Hall–Kier alpha value is -2.13. The Kier molecular flexibility index (Phi) is 6.82. The minimum absolute atomic E-state index is 0.0165. The van der Waals surface area contributed by atoms with Gasteiger partial charge in [-0.2, -0.15) is 0 Å². The van der Waals surface area contributed by atoms with Gasteiger partial charge in [0, 0.05) is 5.92 Å². The highest BCUT2D eigenvalue weighted by Gasteiger charge is 2.22. The number of esters is 1. The molecule has 0 radical (unpaired) electrons. The van der Waals surface area contributed by atoms with E-state index in [-0.39, 0.29) is 24.6 Å². The summed E-state index contributed by atoms with van der Waals surface area (Å²) in [5.74, 6) is -0.227. The van der Waals surface area contributed by atoms with E-state index >= 15 is 0 Å². The summed E-state index contributed by atoms with van der Waals surface area (Å²) in [5, 5.41) is 0. The standard InChI is InChI=1S/C20H24O3/c1-3-14-22-19(21)15-23-16(2)20(17-10-6-4-7-11-17)18-12-8-5-9-13-18/h4-13,16,20H,3,14-15H2,1-2H3. The second kappa shape index (κ2) is 9.11. The molecule has 1 unspecified atom stereocenters. The number of hydrogen-bond acceptors (Lipinski definition) is 3. The number of carbonyl (C=O) groups is 1. The molecule has 2 aromatic carbocycles. The Labute approximate surface area is 138 Å². The number of hydrogen-bond donors (Lipinski definition) is 0. The Bertz CT molecular complexity index is 541. The molecule has 3 nitrogen and oxygen atoms in total. The van der Waals surface area contributed by atoms with Crippen LogP contribution in [0.15, 0.2) is 60.7 Å². The maximum absolute atomic E-state index is 11.7. The Balaban J connectivity index is 2.10. The first-order valence-electron chi connectivity index (χ1n) is 8.09. The van der Waals surface area contributed by atoms with E-state index in [1.165, 1.54) is 11.1 Å². The molecule has 122 valence electrons. The van der Waals surface area contributed by atoms with Crippen LogP contribution in [0.1, 0.15) is 37.3 Å². The van der Waals surface area contributed by atoms with Crippen LogP contribution in [-0.2, 0) is 14.3 Å². The smallest absolute Gasteiger partial charge is 0.332 e. The van der Waals surface area contributed by atoms with Gasteiger partial charge < -0.3 is 9.47 Å². The predicted octanol–water partition coefficient (Wildman–Crippen LogP) is 4.18. The van der Waals surface area contributed by atoms with Crippen LogP contribution in [0.3, 0.4) is 0 Å². The van der Waals surface area contributed by atoms with E-state index in [2.05, 4.69) is 24.3 Å². The zero-order valence-electron chi connectivity index (χ0n) is 13.8. The highest BCUT2D eigenvalue weighted by atomic mass is 16.6. The minimum Gasteiger partial charge on any atom is -0.464 e. The molecule has 2 aromatic rings. The molecule has 0 heterocycles. The van der Waals surface area contributed by atoms with Crippen molar-refractivity contribution in [2.45, 2.75) is 32.3 Å². The Morgan fingerprint density at radius 1 is 0.957 bits per heavy atom. The second-order valence-electron chi connectivity index (χ2n) is 5.54. The molecular weight excluding hydrogens is 288 g/mol. The van der Waals surface area contributed by atoms with E-state index in [0.29, 0.717) is 6.61 Å². The lowest BCUT2D eigenvalue weighted by atomic mass is 9.87. The Morgan fingerprint density at radius 3 is 1.96 bits per heavy atom. The van der Waals surface area contributed by atoms with E-state index in [4.69, 9.17) is 9.47 Å². The van der Waals surface area contributed by atoms with Crippen molar-refractivity contribution >= 4 is 5.97 Å². The van der Waals surface area contributed by atoms with E-state index < -0.39 is 0 Å². The fourth-order valence-electron chi connectivity index (χ4n) is 2.61. The van der Waals surface area contributed by atoms with Gasteiger partial charge in [0.05, 0.1) is 12.7 Å². The van der Waals surface area contributed by atoms with Crippen LogP contribution in [0.2, 0.25) is 0 Å².